The molecule has 15 heavy (non-hydrogen) atoms. The second kappa shape index (κ2) is 6.08. The summed E-state index contributed by atoms with van der Waals surface area (Å²) in [7, 11) is 2.03. The fraction of sp³-hybridized carbons (Fsp3) is 0.455. The molecule has 3 N–H and O–H groups in total. The monoisotopic (exact) mass is 227 g/mol. The number of rotatable bonds is 5. The molecule has 84 valence electrons. The van der Waals surface area contributed by atoms with Crippen molar-refractivity contribution in [3.05, 3.63) is 35.9 Å². The zero-order valence-electron chi connectivity index (χ0n) is 9.15. The average molecular weight is 228 g/mol. The van der Waals surface area contributed by atoms with Crippen LogP contribution in [0, 0.1) is 0 Å². The standard InChI is InChI=1S/C11H18ClN3/c1-3-15(2)10(14-11(12)13)9-7-5-4-6-8-9/h4-8,10-11,14H,3,13H2,1-2H3. The molecule has 0 radical (unpaired) electrons. The SMILES string of the molecule is CCN(C)C(NC(N)Cl)c1ccccc1. The van der Waals surface area contributed by atoms with Crippen LogP contribution in [0.4, 0.5) is 0 Å². The maximum absolute atomic E-state index is 5.76. The Kier molecular flexibility index (Phi) is 5.05. The first-order valence-electron chi connectivity index (χ1n) is 5.06. The summed E-state index contributed by atoms with van der Waals surface area (Å²) < 4.78 is 0. The topological polar surface area (TPSA) is 41.3 Å². The number of hydrogen-bond donors (Lipinski definition) is 2. The van der Waals surface area contributed by atoms with Crippen molar-refractivity contribution in [2.24, 2.45) is 5.73 Å². The van der Waals surface area contributed by atoms with Crippen LogP contribution in [0.1, 0.15) is 18.7 Å². The van der Waals surface area contributed by atoms with E-state index in [4.69, 9.17) is 17.3 Å². The van der Waals surface area contributed by atoms with Crippen LogP contribution in [0.2, 0.25) is 0 Å². The van der Waals surface area contributed by atoms with E-state index in [1.807, 2.05) is 25.2 Å². The maximum Gasteiger partial charge on any atom is 0.134 e. The number of benzene rings is 1. The molecule has 2 atom stereocenters. The predicted molar refractivity (Wildman–Crippen MR) is 64.5 cm³/mol. The second-order valence-electron chi connectivity index (χ2n) is 3.45. The minimum absolute atomic E-state index is 0.0590. The van der Waals surface area contributed by atoms with E-state index in [1.165, 1.54) is 0 Å². The fourth-order valence-electron chi connectivity index (χ4n) is 1.45. The summed E-state index contributed by atoms with van der Waals surface area (Å²) in [5, 5.41) is 3.12. The molecule has 1 aromatic rings. The van der Waals surface area contributed by atoms with E-state index in [0.717, 1.165) is 12.1 Å². The van der Waals surface area contributed by atoms with Gasteiger partial charge in [0.05, 0.1) is 6.17 Å². The van der Waals surface area contributed by atoms with E-state index < -0.39 is 5.62 Å². The first-order chi connectivity index (χ1) is 7.15. The van der Waals surface area contributed by atoms with Gasteiger partial charge in [-0.05, 0) is 19.2 Å². The van der Waals surface area contributed by atoms with Crippen molar-refractivity contribution in [2.45, 2.75) is 18.7 Å². The molecule has 0 aliphatic rings. The Morgan fingerprint density at radius 3 is 2.47 bits per heavy atom. The Morgan fingerprint density at radius 2 is 2.00 bits per heavy atom. The van der Waals surface area contributed by atoms with E-state index in [2.05, 4.69) is 29.3 Å². The average Bonchev–Trinajstić information content (AvgIpc) is 2.26. The van der Waals surface area contributed by atoms with Gasteiger partial charge in [0.25, 0.3) is 0 Å². The lowest BCUT2D eigenvalue weighted by Crippen LogP contribution is -2.43. The van der Waals surface area contributed by atoms with E-state index in [-0.39, 0.29) is 6.17 Å². The zero-order chi connectivity index (χ0) is 11.3. The van der Waals surface area contributed by atoms with Crippen LogP contribution in [0.3, 0.4) is 0 Å². The second-order valence-corrected chi connectivity index (χ2v) is 3.93. The lowest BCUT2D eigenvalue weighted by Gasteiger charge is -2.29. The summed E-state index contributed by atoms with van der Waals surface area (Å²) in [6.45, 7) is 3.02. The smallest absolute Gasteiger partial charge is 0.134 e. The molecule has 0 bridgehead atoms. The summed E-state index contributed by atoms with van der Waals surface area (Å²) >= 11 is 5.76. The Balaban J connectivity index is 2.81. The number of hydrogen-bond acceptors (Lipinski definition) is 3. The van der Waals surface area contributed by atoms with Gasteiger partial charge in [-0.15, -0.1) is 0 Å². The summed E-state index contributed by atoms with van der Waals surface area (Å²) in [4.78, 5) is 2.15. The minimum Gasteiger partial charge on any atom is -0.303 e. The lowest BCUT2D eigenvalue weighted by molar-refractivity contribution is 0.212. The molecule has 0 aromatic heterocycles. The van der Waals surface area contributed by atoms with Gasteiger partial charge in [0, 0.05) is 0 Å². The van der Waals surface area contributed by atoms with Crippen LogP contribution < -0.4 is 11.1 Å². The molecular formula is C11H18ClN3. The Bertz CT molecular complexity index is 276. The highest BCUT2D eigenvalue weighted by atomic mass is 35.5. The number of nitrogens with two attached hydrogens (primary N) is 1. The molecule has 0 saturated heterocycles. The number of halogens is 1. The van der Waals surface area contributed by atoms with Crippen molar-refractivity contribution in [1.82, 2.24) is 10.2 Å². The third-order valence-electron chi connectivity index (χ3n) is 2.37. The van der Waals surface area contributed by atoms with Crippen LogP contribution in [-0.4, -0.2) is 24.1 Å². The van der Waals surface area contributed by atoms with Crippen LogP contribution >= 0.6 is 11.6 Å². The van der Waals surface area contributed by atoms with Crippen molar-refractivity contribution in [2.75, 3.05) is 13.6 Å². The van der Waals surface area contributed by atoms with Crippen molar-refractivity contribution in [3.8, 4) is 0 Å². The first kappa shape index (κ1) is 12.5. The molecule has 2 unspecified atom stereocenters. The quantitative estimate of drug-likeness (QED) is 0.457. The van der Waals surface area contributed by atoms with Crippen LogP contribution in [0.15, 0.2) is 30.3 Å². The Hall–Kier alpha value is -0.610. The number of nitrogens with one attached hydrogen (secondary N) is 1. The normalized spacial score (nSPS) is 15.3. The first-order valence-corrected chi connectivity index (χ1v) is 5.49. The molecule has 0 saturated carbocycles. The van der Waals surface area contributed by atoms with E-state index in [1.54, 1.807) is 0 Å². The summed E-state index contributed by atoms with van der Waals surface area (Å²) in [6, 6.07) is 10.1. The Labute approximate surface area is 96.2 Å². The largest absolute Gasteiger partial charge is 0.303 e. The van der Waals surface area contributed by atoms with Gasteiger partial charge in [0.15, 0.2) is 0 Å². The predicted octanol–water partition coefficient (Wildman–Crippen LogP) is 1.71. The molecule has 1 aromatic carbocycles. The summed E-state index contributed by atoms with van der Waals surface area (Å²) in [6.07, 6.45) is 0.0590. The van der Waals surface area contributed by atoms with Crippen molar-refractivity contribution in [3.63, 3.8) is 0 Å². The molecule has 1 rings (SSSR count). The number of alkyl halides is 1. The van der Waals surface area contributed by atoms with Gasteiger partial charge in [-0.3, -0.25) is 10.2 Å². The van der Waals surface area contributed by atoms with Crippen molar-refractivity contribution < 1.29 is 0 Å². The molecule has 3 nitrogen and oxygen atoms in total. The lowest BCUT2D eigenvalue weighted by atomic mass is 10.1. The molecule has 0 aliphatic heterocycles. The van der Waals surface area contributed by atoms with Gasteiger partial charge in [-0.2, -0.15) is 0 Å². The molecular weight excluding hydrogens is 210 g/mol. The van der Waals surface area contributed by atoms with Gasteiger partial charge in [-0.25, -0.2) is 0 Å². The molecule has 0 aliphatic carbocycles. The van der Waals surface area contributed by atoms with E-state index >= 15 is 0 Å². The minimum atomic E-state index is -0.538. The van der Waals surface area contributed by atoms with Gasteiger partial charge in [0.1, 0.15) is 5.62 Å². The molecule has 0 heterocycles. The summed E-state index contributed by atoms with van der Waals surface area (Å²) in [5.41, 5.74) is 6.18. The highest BCUT2D eigenvalue weighted by Gasteiger charge is 2.16. The third kappa shape index (κ3) is 3.80. The summed E-state index contributed by atoms with van der Waals surface area (Å²) in [5.74, 6) is 0. The van der Waals surface area contributed by atoms with Crippen LogP contribution in [0.25, 0.3) is 0 Å². The highest BCUT2D eigenvalue weighted by molar-refractivity contribution is 6.19. The van der Waals surface area contributed by atoms with Gasteiger partial charge < -0.3 is 5.73 Å². The van der Waals surface area contributed by atoms with Crippen LogP contribution in [-0.2, 0) is 0 Å². The zero-order valence-corrected chi connectivity index (χ0v) is 9.91. The number of nitrogens with zero attached hydrogens (tertiary/aromatic N) is 1. The van der Waals surface area contributed by atoms with E-state index in [0.29, 0.717) is 0 Å². The molecule has 0 spiro atoms. The highest BCUT2D eigenvalue weighted by Crippen LogP contribution is 2.16. The van der Waals surface area contributed by atoms with Crippen molar-refractivity contribution >= 4 is 11.6 Å². The van der Waals surface area contributed by atoms with E-state index in [9.17, 15) is 0 Å². The van der Waals surface area contributed by atoms with Gasteiger partial charge in [0.2, 0.25) is 0 Å². The van der Waals surface area contributed by atoms with Gasteiger partial charge in [-0.1, -0.05) is 48.9 Å². The molecule has 4 heteroatoms. The van der Waals surface area contributed by atoms with Crippen molar-refractivity contribution in [1.29, 1.82) is 0 Å². The van der Waals surface area contributed by atoms with Gasteiger partial charge >= 0.3 is 0 Å². The maximum atomic E-state index is 5.76. The van der Waals surface area contributed by atoms with Crippen LogP contribution in [0.5, 0.6) is 0 Å². The molecule has 0 fully saturated rings. The fourth-order valence-corrected chi connectivity index (χ4v) is 1.57. The molecule has 0 amide bonds. The third-order valence-corrected chi connectivity index (χ3v) is 2.50. The Morgan fingerprint density at radius 1 is 1.40 bits per heavy atom.